The molecule has 0 heterocycles. The molecule has 14 heavy (non-hydrogen) atoms. The quantitative estimate of drug-likeness (QED) is 0.511. The fourth-order valence-electron chi connectivity index (χ4n) is 0.907. The first-order valence-corrected chi connectivity index (χ1v) is 4.01. The molecule has 5 heteroatoms. The summed E-state index contributed by atoms with van der Waals surface area (Å²) < 4.78 is 5.25. The minimum absolute atomic E-state index is 0. The fraction of sp³-hybridized carbons (Fsp3) is 0.222. The number of nitrogen functional groups attached to an aromatic ring is 1. The first-order valence-electron chi connectivity index (χ1n) is 4.01. The van der Waals surface area contributed by atoms with Gasteiger partial charge in [0.05, 0.1) is 0 Å². The minimum atomic E-state index is 0. The Morgan fingerprint density at radius 2 is 1.86 bits per heavy atom. The van der Waals surface area contributed by atoms with Gasteiger partial charge in [-0.2, -0.15) is 0 Å². The predicted molar refractivity (Wildman–Crippen MR) is 59.3 cm³/mol. The highest BCUT2D eigenvalue weighted by atomic mass is 35.5. The zero-order valence-electron chi connectivity index (χ0n) is 7.69. The Labute approximate surface area is 89.2 Å². The van der Waals surface area contributed by atoms with E-state index in [-0.39, 0.29) is 18.2 Å². The number of nitrogens with one attached hydrogen (secondary N) is 1. The smallest absolute Gasteiger partial charge is 0.122 e. The highest BCUT2D eigenvalue weighted by Crippen LogP contribution is 2.11. The van der Waals surface area contributed by atoms with Crippen molar-refractivity contribution in [1.82, 2.24) is 0 Å². The molecule has 0 saturated carbocycles. The highest BCUT2D eigenvalue weighted by Gasteiger charge is 1.96. The average molecular weight is 216 g/mol. The van der Waals surface area contributed by atoms with Crippen molar-refractivity contribution in [3.63, 3.8) is 0 Å². The van der Waals surface area contributed by atoms with Crippen molar-refractivity contribution >= 4 is 18.2 Å². The summed E-state index contributed by atoms with van der Waals surface area (Å²) in [5.41, 5.74) is 11.3. The van der Waals surface area contributed by atoms with Crippen molar-refractivity contribution in [3.8, 4) is 5.75 Å². The second-order valence-corrected chi connectivity index (χ2v) is 2.58. The number of benzene rings is 1. The van der Waals surface area contributed by atoms with E-state index in [4.69, 9.17) is 21.6 Å². The van der Waals surface area contributed by atoms with E-state index in [1.165, 1.54) is 0 Å². The molecule has 5 N–H and O–H groups in total. The topological polar surface area (TPSA) is 85.1 Å². The molecule has 0 saturated heterocycles. The lowest BCUT2D eigenvalue weighted by molar-refractivity contribution is 0.328. The van der Waals surface area contributed by atoms with E-state index in [0.29, 0.717) is 18.7 Å². The molecular weight excluding hydrogens is 202 g/mol. The van der Waals surface area contributed by atoms with Gasteiger partial charge in [0.25, 0.3) is 0 Å². The van der Waals surface area contributed by atoms with Crippen LogP contribution >= 0.6 is 12.4 Å². The second kappa shape index (κ2) is 6.23. The lowest BCUT2D eigenvalue weighted by Crippen LogP contribution is -2.12. The molecule has 1 aromatic rings. The van der Waals surface area contributed by atoms with Crippen molar-refractivity contribution < 1.29 is 4.74 Å². The van der Waals surface area contributed by atoms with Gasteiger partial charge in [0.1, 0.15) is 18.2 Å². The van der Waals surface area contributed by atoms with Crippen molar-refractivity contribution in [2.45, 2.75) is 0 Å². The number of halogens is 1. The third-order valence-electron chi connectivity index (χ3n) is 1.55. The van der Waals surface area contributed by atoms with Crippen LogP contribution in [0, 0.1) is 5.41 Å². The van der Waals surface area contributed by atoms with Gasteiger partial charge < -0.3 is 16.2 Å². The second-order valence-electron chi connectivity index (χ2n) is 2.58. The summed E-state index contributed by atoms with van der Waals surface area (Å²) in [6.07, 6.45) is 0. The molecule has 0 aromatic heterocycles. The Balaban J connectivity index is 0.00000169. The molecule has 4 nitrogen and oxygen atoms in total. The zero-order chi connectivity index (χ0) is 9.68. The third-order valence-corrected chi connectivity index (χ3v) is 1.55. The van der Waals surface area contributed by atoms with E-state index in [2.05, 4.69) is 0 Å². The van der Waals surface area contributed by atoms with Crippen LogP contribution in [0.1, 0.15) is 5.56 Å². The van der Waals surface area contributed by atoms with Crippen molar-refractivity contribution in [1.29, 1.82) is 5.41 Å². The molecule has 1 rings (SSSR count). The van der Waals surface area contributed by atoms with Gasteiger partial charge in [-0.05, 0) is 24.3 Å². The van der Waals surface area contributed by atoms with Gasteiger partial charge in [0.2, 0.25) is 0 Å². The van der Waals surface area contributed by atoms with Crippen LogP contribution in [-0.4, -0.2) is 19.0 Å². The van der Waals surface area contributed by atoms with Crippen LogP contribution in [0.3, 0.4) is 0 Å². The maximum absolute atomic E-state index is 7.16. The molecule has 0 amide bonds. The minimum Gasteiger partial charge on any atom is -0.492 e. The van der Waals surface area contributed by atoms with Crippen LogP contribution in [0.25, 0.3) is 0 Å². The van der Waals surface area contributed by atoms with E-state index in [1.54, 1.807) is 24.3 Å². The highest BCUT2D eigenvalue weighted by molar-refractivity contribution is 5.94. The first-order chi connectivity index (χ1) is 6.24. The molecule has 0 spiro atoms. The Bertz CT molecular complexity index is 287. The molecule has 0 unspecified atom stereocenters. The lowest BCUT2D eigenvalue weighted by atomic mass is 10.2. The predicted octanol–water partition coefficient (Wildman–Crippen LogP) is 0.730. The van der Waals surface area contributed by atoms with Gasteiger partial charge in [0, 0.05) is 12.1 Å². The maximum Gasteiger partial charge on any atom is 0.122 e. The number of hydrogen-bond donors (Lipinski definition) is 3. The largest absolute Gasteiger partial charge is 0.492 e. The zero-order valence-corrected chi connectivity index (χ0v) is 8.51. The Kier molecular flexibility index (Phi) is 5.67. The van der Waals surface area contributed by atoms with Crippen LogP contribution in [-0.2, 0) is 0 Å². The van der Waals surface area contributed by atoms with Gasteiger partial charge in [-0.1, -0.05) is 0 Å². The molecule has 0 aliphatic heterocycles. The molecular formula is C9H14ClN3O. The summed E-state index contributed by atoms with van der Waals surface area (Å²) in [7, 11) is 0. The first kappa shape index (κ1) is 12.7. The van der Waals surface area contributed by atoms with Crippen molar-refractivity contribution in [3.05, 3.63) is 29.8 Å². The summed E-state index contributed by atoms with van der Waals surface area (Å²) in [6, 6.07) is 7.03. The Morgan fingerprint density at radius 3 is 2.29 bits per heavy atom. The van der Waals surface area contributed by atoms with Crippen molar-refractivity contribution in [2.24, 2.45) is 11.5 Å². The van der Waals surface area contributed by atoms with E-state index in [0.717, 1.165) is 5.75 Å². The monoisotopic (exact) mass is 215 g/mol. The number of ether oxygens (including phenoxy) is 1. The van der Waals surface area contributed by atoms with E-state index >= 15 is 0 Å². The number of hydrogen-bond acceptors (Lipinski definition) is 3. The van der Waals surface area contributed by atoms with Crippen LogP contribution < -0.4 is 16.2 Å². The van der Waals surface area contributed by atoms with Gasteiger partial charge in [-0.25, -0.2) is 0 Å². The average Bonchev–Trinajstić information content (AvgIpc) is 2.15. The Morgan fingerprint density at radius 1 is 1.29 bits per heavy atom. The van der Waals surface area contributed by atoms with Crippen LogP contribution in [0.4, 0.5) is 0 Å². The van der Waals surface area contributed by atoms with E-state index < -0.39 is 0 Å². The Hall–Kier alpha value is -1.26. The fourth-order valence-corrected chi connectivity index (χ4v) is 0.907. The third kappa shape index (κ3) is 3.64. The van der Waals surface area contributed by atoms with Gasteiger partial charge in [-0.3, -0.25) is 5.41 Å². The SMILES string of the molecule is Cl.N=C(N)c1ccc(OCCN)cc1. The van der Waals surface area contributed by atoms with Crippen LogP contribution in [0.5, 0.6) is 5.75 Å². The van der Waals surface area contributed by atoms with E-state index in [1.807, 2.05) is 0 Å². The maximum atomic E-state index is 7.16. The molecule has 0 aliphatic rings. The molecule has 0 atom stereocenters. The summed E-state index contributed by atoms with van der Waals surface area (Å²) in [4.78, 5) is 0. The normalized spacial score (nSPS) is 8.93. The summed E-state index contributed by atoms with van der Waals surface area (Å²) >= 11 is 0. The summed E-state index contributed by atoms with van der Waals surface area (Å²) in [6.45, 7) is 0.994. The molecule has 0 bridgehead atoms. The summed E-state index contributed by atoms with van der Waals surface area (Å²) in [5.74, 6) is 0.806. The molecule has 0 aliphatic carbocycles. The van der Waals surface area contributed by atoms with Gasteiger partial charge in [0.15, 0.2) is 0 Å². The molecule has 0 fully saturated rings. The number of amidine groups is 1. The molecule has 0 radical (unpaired) electrons. The lowest BCUT2D eigenvalue weighted by Gasteiger charge is -2.04. The number of nitrogens with two attached hydrogens (primary N) is 2. The van der Waals surface area contributed by atoms with Gasteiger partial charge >= 0.3 is 0 Å². The van der Waals surface area contributed by atoms with Crippen molar-refractivity contribution in [2.75, 3.05) is 13.2 Å². The van der Waals surface area contributed by atoms with E-state index in [9.17, 15) is 0 Å². The summed E-state index contributed by atoms with van der Waals surface area (Å²) in [5, 5.41) is 7.16. The molecule has 78 valence electrons. The van der Waals surface area contributed by atoms with Gasteiger partial charge in [-0.15, -0.1) is 12.4 Å². The van der Waals surface area contributed by atoms with Crippen LogP contribution in [0.15, 0.2) is 24.3 Å². The standard InChI is InChI=1S/C9H13N3O.ClH/c10-5-6-13-8-3-1-7(2-4-8)9(11)12;/h1-4H,5-6,10H2,(H3,11,12);1H. The van der Waals surface area contributed by atoms with Crippen LogP contribution in [0.2, 0.25) is 0 Å². The number of rotatable bonds is 4. The molecule has 1 aromatic carbocycles.